The van der Waals surface area contributed by atoms with Crippen LogP contribution in [0, 0.1) is 13.8 Å². The average molecular weight is 329 g/mol. The summed E-state index contributed by atoms with van der Waals surface area (Å²) in [5.41, 5.74) is 4.96. The number of hydrogen-bond donors (Lipinski definition) is 1. The van der Waals surface area contributed by atoms with Crippen LogP contribution in [-0.2, 0) is 6.54 Å². The molecule has 0 unspecified atom stereocenters. The molecular weight excluding hydrogens is 310 g/mol. The fraction of sp³-hybridized carbons (Fsp3) is 0.136. The first kappa shape index (κ1) is 15.5. The number of aromatic nitrogens is 1. The second kappa shape index (κ2) is 5.78. The second-order valence-electron chi connectivity index (χ2n) is 6.52. The number of aryl methyl sites for hydroxylation is 1. The molecule has 1 aromatic heterocycles. The van der Waals surface area contributed by atoms with Gasteiger partial charge in [-0.25, -0.2) is 4.79 Å². The zero-order valence-electron chi connectivity index (χ0n) is 14.3. The standard InChI is InChI=1S/C22H19NO2/c1-14-15(2)23(21-10-9-19(22(24)25)12-20(14)21)13-16-7-8-17-5-3-4-6-18(17)11-16/h3-12H,13H2,1-2H3,(H,24,25). The third-order valence-electron chi connectivity index (χ3n) is 5.04. The molecule has 3 nitrogen and oxygen atoms in total. The Morgan fingerprint density at radius 2 is 1.72 bits per heavy atom. The highest BCUT2D eigenvalue weighted by Crippen LogP contribution is 2.28. The van der Waals surface area contributed by atoms with Crippen LogP contribution in [0.4, 0.5) is 0 Å². The van der Waals surface area contributed by atoms with E-state index in [9.17, 15) is 9.90 Å². The molecule has 25 heavy (non-hydrogen) atoms. The van der Waals surface area contributed by atoms with Crippen molar-refractivity contribution in [2.45, 2.75) is 20.4 Å². The summed E-state index contributed by atoms with van der Waals surface area (Å²) in [6.45, 7) is 4.92. The fourth-order valence-corrected chi connectivity index (χ4v) is 3.51. The molecule has 4 aromatic rings. The SMILES string of the molecule is Cc1c(C)n(Cc2ccc3ccccc3c2)c2ccc(C(=O)O)cc12. The minimum absolute atomic E-state index is 0.332. The molecule has 0 aliphatic rings. The number of aromatic carboxylic acids is 1. The number of fused-ring (bicyclic) bond motifs is 2. The third-order valence-corrected chi connectivity index (χ3v) is 5.04. The highest BCUT2D eigenvalue weighted by Gasteiger charge is 2.13. The topological polar surface area (TPSA) is 42.2 Å². The Kier molecular flexibility index (Phi) is 3.57. The molecule has 1 heterocycles. The molecule has 0 spiro atoms. The lowest BCUT2D eigenvalue weighted by atomic mass is 10.1. The number of rotatable bonds is 3. The quantitative estimate of drug-likeness (QED) is 0.564. The van der Waals surface area contributed by atoms with E-state index in [1.54, 1.807) is 12.1 Å². The van der Waals surface area contributed by atoms with Crippen LogP contribution in [0.25, 0.3) is 21.7 Å². The molecule has 0 atom stereocenters. The Balaban J connectivity index is 1.82. The maximum atomic E-state index is 11.3. The number of carboxylic acids is 1. The lowest BCUT2D eigenvalue weighted by Gasteiger charge is -2.10. The van der Waals surface area contributed by atoms with Crippen LogP contribution in [-0.4, -0.2) is 15.6 Å². The van der Waals surface area contributed by atoms with E-state index in [0.29, 0.717) is 5.56 Å². The molecule has 0 radical (unpaired) electrons. The summed E-state index contributed by atoms with van der Waals surface area (Å²) in [5.74, 6) is -0.888. The van der Waals surface area contributed by atoms with Crippen molar-refractivity contribution in [2.75, 3.05) is 0 Å². The highest BCUT2D eigenvalue weighted by atomic mass is 16.4. The summed E-state index contributed by atoms with van der Waals surface area (Å²) < 4.78 is 2.26. The summed E-state index contributed by atoms with van der Waals surface area (Å²) in [4.78, 5) is 11.3. The maximum Gasteiger partial charge on any atom is 0.335 e. The van der Waals surface area contributed by atoms with Gasteiger partial charge in [-0.3, -0.25) is 0 Å². The van der Waals surface area contributed by atoms with Crippen molar-refractivity contribution in [1.82, 2.24) is 4.57 Å². The minimum Gasteiger partial charge on any atom is -0.478 e. The van der Waals surface area contributed by atoms with Crippen molar-refractivity contribution in [1.29, 1.82) is 0 Å². The second-order valence-corrected chi connectivity index (χ2v) is 6.52. The van der Waals surface area contributed by atoms with Gasteiger partial charge in [0.25, 0.3) is 0 Å². The first-order valence-corrected chi connectivity index (χ1v) is 8.35. The molecule has 0 aliphatic carbocycles. The fourth-order valence-electron chi connectivity index (χ4n) is 3.51. The van der Waals surface area contributed by atoms with Gasteiger partial charge in [-0.05, 0) is 60.0 Å². The van der Waals surface area contributed by atoms with Gasteiger partial charge in [-0.1, -0.05) is 36.4 Å². The monoisotopic (exact) mass is 329 g/mol. The molecule has 0 aliphatic heterocycles. The van der Waals surface area contributed by atoms with Gasteiger partial charge in [0.2, 0.25) is 0 Å². The van der Waals surface area contributed by atoms with Gasteiger partial charge in [-0.15, -0.1) is 0 Å². The Morgan fingerprint density at radius 1 is 0.960 bits per heavy atom. The lowest BCUT2D eigenvalue weighted by Crippen LogP contribution is -2.02. The van der Waals surface area contributed by atoms with E-state index in [4.69, 9.17) is 0 Å². The first-order valence-electron chi connectivity index (χ1n) is 8.35. The van der Waals surface area contributed by atoms with Crippen molar-refractivity contribution in [3.05, 3.63) is 83.0 Å². The lowest BCUT2D eigenvalue weighted by molar-refractivity contribution is 0.0697. The van der Waals surface area contributed by atoms with Gasteiger partial charge in [0.05, 0.1) is 5.56 Å². The molecule has 4 rings (SSSR count). The van der Waals surface area contributed by atoms with Crippen molar-refractivity contribution >= 4 is 27.6 Å². The van der Waals surface area contributed by atoms with Gasteiger partial charge in [0.15, 0.2) is 0 Å². The van der Waals surface area contributed by atoms with Crippen molar-refractivity contribution in [3.8, 4) is 0 Å². The Hall–Kier alpha value is -3.07. The predicted molar refractivity (Wildman–Crippen MR) is 101 cm³/mol. The van der Waals surface area contributed by atoms with E-state index in [1.807, 2.05) is 6.07 Å². The number of benzene rings is 3. The molecule has 0 bridgehead atoms. The van der Waals surface area contributed by atoms with E-state index in [-0.39, 0.29) is 0 Å². The normalized spacial score (nSPS) is 11.3. The molecule has 0 amide bonds. The van der Waals surface area contributed by atoms with Gasteiger partial charge >= 0.3 is 5.97 Å². The van der Waals surface area contributed by atoms with E-state index in [0.717, 1.165) is 23.0 Å². The van der Waals surface area contributed by atoms with Crippen LogP contribution in [0.5, 0.6) is 0 Å². The summed E-state index contributed by atoms with van der Waals surface area (Å²) in [6.07, 6.45) is 0. The number of carboxylic acid groups (broad SMARTS) is 1. The molecule has 1 N–H and O–H groups in total. The van der Waals surface area contributed by atoms with Crippen LogP contribution in [0.2, 0.25) is 0 Å². The Bertz CT molecular complexity index is 1120. The van der Waals surface area contributed by atoms with Crippen LogP contribution in [0.3, 0.4) is 0 Å². The van der Waals surface area contributed by atoms with Crippen LogP contribution < -0.4 is 0 Å². The smallest absolute Gasteiger partial charge is 0.335 e. The molecule has 3 heteroatoms. The summed E-state index contributed by atoms with van der Waals surface area (Å²) in [7, 11) is 0. The first-order chi connectivity index (χ1) is 12.0. The molecule has 0 saturated heterocycles. The van der Waals surface area contributed by atoms with Crippen LogP contribution >= 0.6 is 0 Å². The van der Waals surface area contributed by atoms with Crippen molar-refractivity contribution < 1.29 is 9.90 Å². The van der Waals surface area contributed by atoms with Crippen LogP contribution in [0.15, 0.2) is 60.7 Å². The van der Waals surface area contributed by atoms with E-state index >= 15 is 0 Å². The molecule has 3 aromatic carbocycles. The molecule has 124 valence electrons. The van der Waals surface area contributed by atoms with E-state index in [2.05, 4.69) is 60.9 Å². The zero-order chi connectivity index (χ0) is 17.6. The van der Waals surface area contributed by atoms with Gasteiger partial charge in [0, 0.05) is 23.1 Å². The highest BCUT2D eigenvalue weighted by molar-refractivity contribution is 5.95. The van der Waals surface area contributed by atoms with E-state index in [1.165, 1.54) is 22.0 Å². The Morgan fingerprint density at radius 3 is 2.48 bits per heavy atom. The van der Waals surface area contributed by atoms with Crippen molar-refractivity contribution in [3.63, 3.8) is 0 Å². The minimum atomic E-state index is -0.888. The maximum absolute atomic E-state index is 11.3. The Labute approximate surface area is 146 Å². The summed E-state index contributed by atoms with van der Waals surface area (Å²) in [5, 5.41) is 12.7. The van der Waals surface area contributed by atoms with E-state index < -0.39 is 5.97 Å². The third kappa shape index (κ3) is 2.58. The van der Waals surface area contributed by atoms with Gasteiger partial charge in [0.1, 0.15) is 0 Å². The number of carbonyl (C=O) groups is 1. The average Bonchev–Trinajstić information content (AvgIpc) is 2.86. The molecule has 0 saturated carbocycles. The van der Waals surface area contributed by atoms with Crippen molar-refractivity contribution in [2.24, 2.45) is 0 Å². The largest absolute Gasteiger partial charge is 0.478 e. The van der Waals surface area contributed by atoms with Gasteiger partial charge < -0.3 is 9.67 Å². The summed E-state index contributed by atoms with van der Waals surface area (Å²) in [6, 6.07) is 20.3. The predicted octanol–water partition coefficient (Wildman–Crippen LogP) is 5.16. The molecular formula is C22H19NO2. The van der Waals surface area contributed by atoms with Gasteiger partial charge in [-0.2, -0.15) is 0 Å². The molecule has 0 fully saturated rings. The van der Waals surface area contributed by atoms with Crippen LogP contribution in [0.1, 0.15) is 27.2 Å². The number of nitrogens with zero attached hydrogens (tertiary/aromatic N) is 1. The zero-order valence-corrected chi connectivity index (χ0v) is 14.3. The summed E-state index contributed by atoms with van der Waals surface area (Å²) >= 11 is 0. The number of hydrogen-bond acceptors (Lipinski definition) is 1.